The van der Waals surface area contributed by atoms with Crippen LogP contribution in [0, 0.1) is 5.92 Å². The lowest BCUT2D eigenvalue weighted by molar-refractivity contribution is -0.120. The predicted molar refractivity (Wildman–Crippen MR) is 76.1 cm³/mol. The molecule has 0 aromatic heterocycles. The lowest BCUT2D eigenvalue weighted by Crippen LogP contribution is -2.37. The molecule has 1 saturated heterocycles. The van der Waals surface area contributed by atoms with Gasteiger partial charge in [-0.25, -0.2) is 0 Å². The lowest BCUT2D eigenvalue weighted by atomic mass is 10.00. The second-order valence-electron chi connectivity index (χ2n) is 4.96. The first-order valence-electron chi connectivity index (χ1n) is 6.92. The van der Waals surface area contributed by atoms with Gasteiger partial charge in [0.1, 0.15) is 0 Å². The maximum absolute atomic E-state index is 12.3. The second kappa shape index (κ2) is 6.17. The molecule has 1 fully saturated rings. The molecule has 4 heteroatoms. The minimum atomic E-state index is -0.241. The summed E-state index contributed by atoms with van der Waals surface area (Å²) in [5.41, 5.74) is 9.18. The zero-order valence-corrected chi connectivity index (χ0v) is 11.6. The topological polar surface area (TPSA) is 64.3 Å². The fourth-order valence-corrected chi connectivity index (χ4v) is 2.46. The molecule has 4 nitrogen and oxygen atoms in total. The van der Waals surface area contributed by atoms with Crippen molar-refractivity contribution in [3.63, 3.8) is 0 Å². The minimum Gasteiger partial charge on any atom is -0.379 e. The first-order valence-corrected chi connectivity index (χ1v) is 6.92. The zero-order chi connectivity index (χ0) is 13.8. The molecule has 1 aromatic rings. The Hall–Kier alpha value is -1.39. The number of aryl methyl sites for hydroxylation is 2. The van der Waals surface area contributed by atoms with Crippen LogP contribution in [0.2, 0.25) is 0 Å². The molecule has 1 amide bonds. The van der Waals surface area contributed by atoms with E-state index in [0.717, 1.165) is 18.5 Å². The number of carbonyl (C=O) groups excluding carboxylic acids is 1. The second-order valence-corrected chi connectivity index (χ2v) is 4.96. The maximum Gasteiger partial charge on any atom is 0.231 e. The molecule has 2 rings (SSSR count). The van der Waals surface area contributed by atoms with Crippen LogP contribution >= 0.6 is 0 Å². The summed E-state index contributed by atoms with van der Waals surface area (Å²) < 4.78 is 5.26. The van der Waals surface area contributed by atoms with Gasteiger partial charge in [0, 0.05) is 11.7 Å². The molecule has 3 N–H and O–H groups in total. The normalized spacial score (nSPS) is 22.5. The van der Waals surface area contributed by atoms with E-state index in [1.165, 1.54) is 11.1 Å². The number of hydrogen-bond donors (Lipinski definition) is 2. The number of nitrogens with two attached hydrogens (primary N) is 1. The number of ether oxygens (including phenoxy) is 1. The van der Waals surface area contributed by atoms with Gasteiger partial charge >= 0.3 is 0 Å². The van der Waals surface area contributed by atoms with Crippen LogP contribution in [0.3, 0.4) is 0 Å². The quantitative estimate of drug-likeness (QED) is 0.868. The zero-order valence-electron chi connectivity index (χ0n) is 11.6. The third-order valence-electron chi connectivity index (χ3n) is 3.71. The molecule has 0 radical (unpaired) electrons. The summed E-state index contributed by atoms with van der Waals surface area (Å²) in [7, 11) is 0. The van der Waals surface area contributed by atoms with E-state index in [1.54, 1.807) is 0 Å². The average Bonchev–Trinajstić information content (AvgIpc) is 2.85. The first kappa shape index (κ1) is 14.0. The Morgan fingerprint density at radius 2 is 1.95 bits per heavy atom. The summed E-state index contributed by atoms with van der Waals surface area (Å²) in [6.07, 6.45) is 1.80. The van der Waals surface area contributed by atoms with Gasteiger partial charge in [-0.15, -0.1) is 0 Å². The number of para-hydroxylation sites is 1. The van der Waals surface area contributed by atoms with Crippen LogP contribution < -0.4 is 11.1 Å². The van der Waals surface area contributed by atoms with E-state index in [4.69, 9.17) is 10.5 Å². The molecule has 0 bridgehead atoms. The molecule has 19 heavy (non-hydrogen) atoms. The van der Waals surface area contributed by atoms with Gasteiger partial charge in [0.25, 0.3) is 0 Å². The van der Waals surface area contributed by atoms with Crippen molar-refractivity contribution in [1.29, 1.82) is 0 Å². The Morgan fingerprint density at radius 3 is 2.42 bits per heavy atom. The van der Waals surface area contributed by atoms with Crippen molar-refractivity contribution in [3.05, 3.63) is 29.3 Å². The maximum atomic E-state index is 12.3. The SMILES string of the molecule is CCc1cccc(CC)c1NC(=O)C1COCC1N. The van der Waals surface area contributed by atoms with Gasteiger partial charge in [0.2, 0.25) is 5.91 Å². The van der Waals surface area contributed by atoms with Gasteiger partial charge in [-0.3, -0.25) is 4.79 Å². The first-order chi connectivity index (χ1) is 9.17. The number of rotatable bonds is 4. The smallest absolute Gasteiger partial charge is 0.231 e. The van der Waals surface area contributed by atoms with Gasteiger partial charge in [0.15, 0.2) is 0 Å². The highest BCUT2D eigenvalue weighted by molar-refractivity contribution is 5.94. The van der Waals surface area contributed by atoms with Gasteiger partial charge in [-0.05, 0) is 24.0 Å². The number of benzene rings is 1. The van der Waals surface area contributed by atoms with Gasteiger partial charge in [-0.2, -0.15) is 0 Å². The van der Waals surface area contributed by atoms with Crippen LogP contribution in [0.15, 0.2) is 18.2 Å². The van der Waals surface area contributed by atoms with E-state index < -0.39 is 0 Å². The Morgan fingerprint density at radius 1 is 1.32 bits per heavy atom. The van der Waals surface area contributed by atoms with Crippen molar-refractivity contribution < 1.29 is 9.53 Å². The summed E-state index contributed by atoms with van der Waals surface area (Å²) in [4.78, 5) is 12.3. The standard InChI is InChI=1S/C15H22N2O2/c1-3-10-6-5-7-11(4-2)14(10)17-15(18)12-8-19-9-13(12)16/h5-7,12-13H,3-4,8-9,16H2,1-2H3,(H,17,18). The summed E-state index contributed by atoms with van der Waals surface area (Å²) in [5.74, 6) is -0.268. The largest absolute Gasteiger partial charge is 0.379 e. The summed E-state index contributed by atoms with van der Waals surface area (Å²) >= 11 is 0. The summed E-state index contributed by atoms with van der Waals surface area (Å²) in [5, 5.41) is 3.05. The molecule has 2 unspecified atom stereocenters. The van der Waals surface area contributed by atoms with E-state index in [0.29, 0.717) is 13.2 Å². The molecule has 2 atom stereocenters. The lowest BCUT2D eigenvalue weighted by Gasteiger charge is -2.18. The number of hydrogen-bond acceptors (Lipinski definition) is 3. The summed E-state index contributed by atoms with van der Waals surface area (Å²) in [6.45, 7) is 5.07. The van der Waals surface area contributed by atoms with Crippen molar-refractivity contribution in [2.75, 3.05) is 18.5 Å². The van der Waals surface area contributed by atoms with Crippen molar-refractivity contribution in [2.24, 2.45) is 11.7 Å². The van der Waals surface area contributed by atoms with Crippen molar-refractivity contribution in [3.8, 4) is 0 Å². The van der Waals surface area contributed by atoms with Crippen LogP contribution in [-0.2, 0) is 22.4 Å². The molecule has 1 heterocycles. The van der Waals surface area contributed by atoms with Crippen molar-refractivity contribution in [1.82, 2.24) is 0 Å². The average molecular weight is 262 g/mol. The number of carbonyl (C=O) groups is 1. The van der Waals surface area contributed by atoms with Crippen LogP contribution in [-0.4, -0.2) is 25.2 Å². The third kappa shape index (κ3) is 2.96. The molecular formula is C15H22N2O2. The fraction of sp³-hybridized carbons (Fsp3) is 0.533. The molecule has 104 valence electrons. The van der Waals surface area contributed by atoms with Gasteiger partial charge in [-0.1, -0.05) is 32.0 Å². The monoisotopic (exact) mass is 262 g/mol. The van der Waals surface area contributed by atoms with Crippen LogP contribution in [0.5, 0.6) is 0 Å². The van der Waals surface area contributed by atoms with Crippen molar-refractivity contribution >= 4 is 11.6 Å². The molecule has 0 spiro atoms. The Kier molecular flexibility index (Phi) is 4.56. The van der Waals surface area contributed by atoms with E-state index >= 15 is 0 Å². The van der Waals surface area contributed by atoms with E-state index in [1.807, 2.05) is 6.07 Å². The van der Waals surface area contributed by atoms with Crippen LogP contribution in [0.4, 0.5) is 5.69 Å². The van der Waals surface area contributed by atoms with Gasteiger partial charge < -0.3 is 15.8 Å². The molecular weight excluding hydrogens is 240 g/mol. The van der Waals surface area contributed by atoms with Crippen molar-refractivity contribution in [2.45, 2.75) is 32.7 Å². The summed E-state index contributed by atoms with van der Waals surface area (Å²) in [6, 6.07) is 5.95. The highest BCUT2D eigenvalue weighted by atomic mass is 16.5. The Bertz CT molecular complexity index is 437. The fourth-order valence-electron chi connectivity index (χ4n) is 2.46. The number of anilines is 1. The Labute approximate surface area is 114 Å². The minimum absolute atomic E-state index is 0.0272. The molecule has 1 aromatic carbocycles. The highest BCUT2D eigenvalue weighted by Crippen LogP contribution is 2.24. The number of amides is 1. The molecule has 0 saturated carbocycles. The third-order valence-corrected chi connectivity index (χ3v) is 3.71. The molecule has 0 aliphatic carbocycles. The van der Waals surface area contributed by atoms with E-state index in [-0.39, 0.29) is 17.9 Å². The van der Waals surface area contributed by atoms with Gasteiger partial charge in [0.05, 0.1) is 19.1 Å². The highest BCUT2D eigenvalue weighted by Gasteiger charge is 2.31. The van der Waals surface area contributed by atoms with E-state index in [2.05, 4.69) is 31.3 Å². The Balaban J connectivity index is 2.20. The van der Waals surface area contributed by atoms with Crippen LogP contribution in [0.25, 0.3) is 0 Å². The predicted octanol–water partition coefficient (Wildman–Crippen LogP) is 1.72. The molecule has 1 aliphatic heterocycles. The molecule has 1 aliphatic rings. The van der Waals surface area contributed by atoms with E-state index in [9.17, 15) is 4.79 Å². The van der Waals surface area contributed by atoms with Crippen LogP contribution in [0.1, 0.15) is 25.0 Å². The number of nitrogens with one attached hydrogen (secondary N) is 1.